The number of pyridine rings is 1. The Labute approximate surface area is 140 Å². The summed E-state index contributed by atoms with van der Waals surface area (Å²) in [5, 5.41) is 0. The van der Waals surface area contributed by atoms with Crippen LogP contribution in [0.15, 0.2) is 35.5 Å². The SMILES string of the molecule is CN(C)c1ccc(C(=O)N2CCC[C@@H](c3cc(=O)[nH]cn3)C2)cn1. The highest BCUT2D eigenvalue weighted by Gasteiger charge is 2.26. The first kappa shape index (κ1) is 16.2. The van der Waals surface area contributed by atoms with Gasteiger partial charge in [-0.15, -0.1) is 0 Å². The number of hydrogen-bond donors (Lipinski definition) is 1. The van der Waals surface area contributed by atoms with Gasteiger partial charge in [0.25, 0.3) is 11.5 Å². The molecule has 1 amide bonds. The predicted octanol–water partition coefficient (Wildman–Crippen LogP) is 1.25. The molecular weight excluding hydrogens is 306 g/mol. The Morgan fingerprint density at radius 3 is 2.83 bits per heavy atom. The van der Waals surface area contributed by atoms with Crippen LogP contribution in [0.1, 0.15) is 34.8 Å². The second-order valence-electron chi connectivity index (χ2n) is 6.23. The highest BCUT2D eigenvalue weighted by atomic mass is 16.2. The fraction of sp³-hybridized carbons (Fsp3) is 0.412. The largest absolute Gasteiger partial charge is 0.363 e. The number of H-pyrrole nitrogens is 1. The lowest BCUT2D eigenvalue weighted by atomic mass is 9.94. The van der Waals surface area contributed by atoms with Gasteiger partial charge < -0.3 is 14.8 Å². The molecule has 0 aliphatic carbocycles. The van der Waals surface area contributed by atoms with Crippen molar-refractivity contribution in [3.8, 4) is 0 Å². The minimum absolute atomic E-state index is 0.0256. The molecule has 2 aromatic rings. The van der Waals surface area contributed by atoms with E-state index in [0.717, 1.165) is 24.4 Å². The molecule has 0 aromatic carbocycles. The van der Waals surface area contributed by atoms with Crippen molar-refractivity contribution in [3.63, 3.8) is 0 Å². The summed E-state index contributed by atoms with van der Waals surface area (Å²) in [5.74, 6) is 0.886. The summed E-state index contributed by atoms with van der Waals surface area (Å²) >= 11 is 0. The summed E-state index contributed by atoms with van der Waals surface area (Å²) < 4.78 is 0. The molecule has 1 fully saturated rings. The Bertz CT molecular complexity index is 769. The number of aromatic amines is 1. The maximum absolute atomic E-state index is 12.7. The number of carbonyl (C=O) groups excluding carboxylic acids is 1. The summed E-state index contributed by atoms with van der Waals surface area (Å²) in [6, 6.07) is 5.17. The lowest BCUT2D eigenvalue weighted by molar-refractivity contribution is 0.0705. The van der Waals surface area contributed by atoms with Gasteiger partial charge in [-0.3, -0.25) is 9.59 Å². The van der Waals surface area contributed by atoms with E-state index < -0.39 is 0 Å². The zero-order valence-corrected chi connectivity index (χ0v) is 13.9. The molecule has 0 saturated carbocycles. The molecule has 24 heavy (non-hydrogen) atoms. The van der Waals surface area contributed by atoms with Gasteiger partial charge in [0.2, 0.25) is 0 Å². The van der Waals surface area contributed by atoms with Crippen molar-refractivity contribution in [1.29, 1.82) is 0 Å². The van der Waals surface area contributed by atoms with E-state index >= 15 is 0 Å². The van der Waals surface area contributed by atoms with Crippen LogP contribution in [0.25, 0.3) is 0 Å². The van der Waals surface area contributed by atoms with Crippen LogP contribution in [-0.2, 0) is 0 Å². The normalized spacial score (nSPS) is 17.6. The van der Waals surface area contributed by atoms with Crippen LogP contribution in [0, 0.1) is 0 Å². The summed E-state index contributed by atoms with van der Waals surface area (Å²) in [7, 11) is 3.82. The number of nitrogens with zero attached hydrogens (tertiary/aromatic N) is 4. The smallest absolute Gasteiger partial charge is 0.255 e. The maximum Gasteiger partial charge on any atom is 0.255 e. The topological polar surface area (TPSA) is 82.2 Å². The highest BCUT2D eigenvalue weighted by molar-refractivity contribution is 5.94. The van der Waals surface area contributed by atoms with Crippen LogP contribution >= 0.6 is 0 Å². The van der Waals surface area contributed by atoms with Gasteiger partial charge in [0.05, 0.1) is 17.6 Å². The Kier molecular flexibility index (Phi) is 4.59. The Balaban J connectivity index is 1.74. The van der Waals surface area contributed by atoms with Crippen molar-refractivity contribution in [2.24, 2.45) is 0 Å². The zero-order chi connectivity index (χ0) is 17.1. The molecule has 0 unspecified atom stereocenters. The van der Waals surface area contributed by atoms with Crippen molar-refractivity contribution in [3.05, 3.63) is 52.3 Å². The van der Waals surface area contributed by atoms with Crippen molar-refractivity contribution in [2.45, 2.75) is 18.8 Å². The number of rotatable bonds is 3. The quantitative estimate of drug-likeness (QED) is 0.917. The summed E-state index contributed by atoms with van der Waals surface area (Å²) in [6.45, 7) is 1.29. The van der Waals surface area contributed by atoms with Crippen LogP contribution < -0.4 is 10.5 Å². The number of carbonyl (C=O) groups is 1. The molecule has 7 nitrogen and oxygen atoms in total. The first-order chi connectivity index (χ1) is 11.5. The van der Waals surface area contributed by atoms with Crippen LogP contribution in [0.5, 0.6) is 0 Å². The van der Waals surface area contributed by atoms with E-state index in [1.54, 1.807) is 12.3 Å². The van der Waals surface area contributed by atoms with Gasteiger partial charge in [-0.05, 0) is 25.0 Å². The second-order valence-corrected chi connectivity index (χ2v) is 6.23. The van der Waals surface area contributed by atoms with Gasteiger partial charge in [-0.25, -0.2) is 9.97 Å². The molecule has 1 atom stereocenters. The van der Waals surface area contributed by atoms with E-state index in [4.69, 9.17) is 0 Å². The molecule has 1 saturated heterocycles. The average molecular weight is 327 g/mol. The van der Waals surface area contributed by atoms with Gasteiger partial charge in [-0.1, -0.05) is 0 Å². The van der Waals surface area contributed by atoms with Gasteiger partial charge in [0.1, 0.15) is 5.82 Å². The maximum atomic E-state index is 12.7. The minimum atomic E-state index is -0.160. The van der Waals surface area contributed by atoms with E-state index in [0.29, 0.717) is 18.7 Å². The molecule has 0 spiro atoms. The standard InChI is InChI=1S/C17H21N5O2/c1-21(2)15-6-5-12(9-18-15)17(24)22-7-3-4-13(10-22)14-8-16(23)20-11-19-14/h5-6,8-9,11,13H,3-4,7,10H2,1-2H3,(H,19,20,23)/t13-/m1/s1. The van der Waals surface area contributed by atoms with E-state index in [1.165, 1.54) is 12.4 Å². The predicted molar refractivity (Wildman–Crippen MR) is 91.3 cm³/mol. The molecule has 0 radical (unpaired) electrons. The van der Waals surface area contributed by atoms with Gasteiger partial charge >= 0.3 is 0 Å². The second kappa shape index (κ2) is 6.82. The molecular formula is C17H21N5O2. The fourth-order valence-corrected chi connectivity index (χ4v) is 2.97. The van der Waals surface area contributed by atoms with E-state index in [2.05, 4.69) is 15.0 Å². The van der Waals surface area contributed by atoms with Crippen molar-refractivity contribution in [2.75, 3.05) is 32.1 Å². The number of anilines is 1. The van der Waals surface area contributed by atoms with Gasteiger partial charge in [-0.2, -0.15) is 0 Å². The third kappa shape index (κ3) is 3.45. The summed E-state index contributed by atoms with van der Waals surface area (Å²) in [6.07, 6.45) is 4.86. The molecule has 3 rings (SSSR count). The lowest BCUT2D eigenvalue weighted by Gasteiger charge is -2.32. The Morgan fingerprint density at radius 1 is 1.33 bits per heavy atom. The molecule has 2 aromatic heterocycles. The number of aromatic nitrogens is 3. The highest BCUT2D eigenvalue weighted by Crippen LogP contribution is 2.25. The van der Waals surface area contributed by atoms with Crippen molar-refractivity contribution >= 4 is 11.7 Å². The summed E-state index contributed by atoms with van der Waals surface area (Å²) in [4.78, 5) is 39.0. The Hall–Kier alpha value is -2.70. The molecule has 0 bridgehead atoms. The third-order valence-corrected chi connectivity index (χ3v) is 4.28. The fourth-order valence-electron chi connectivity index (χ4n) is 2.97. The molecule has 3 heterocycles. The van der Waals surface area contributed by atoms with E-state index in [9.17, 15) is 9.59 Å². The summed E-state index contributed by atoms with van der Waals surface area (Å²) in [5.41, 5.74) is 1.17. The minimum Gasteiger partial charge on any atom is -0.363 e. The number of piperidine rings is 1. The number of amides is 1. The number of nitrogens with one attached hydrogen (secondary N) is 1. The first-order valence-electron chi connectivity index (χ1n) is 8.02. The molecule has 7 heteroatoms. The molecule has 1 aliphatic rings. The van der Waals surface area contributed by atoms with Crippen LogP contribution in [-0.4, -0.2) is 52.9 Å². The molecule has 1 aliphatic heterocycles. The monoisotopic (exact) mass is 327 g/mol. The molecule has 1 N–H and O–H groups in total. The van der Waals surface area contributed by atoms with Gasteiger partial charge in [0, 0.05) is 45.4 Å². The Morgan fingerprint density at radius 2 is 2.17 bits per heavy atom. The van der Waals surface area contributed by atoms with Crippen LogP contribution in [0.2, 0.25) is 0 Å². The third-order valence-electron chi connectivity index (χ3n) is 4.28. The number of hydrogen-bond acceptors (Lipinski definition) is 5. The average Bonchev–Trinajstić information content (AvgIpc) is 2.61. The molecule has 126 valence electrons. The van der Waals surface area contributed by atoms with Crippen molar-refractivity contribution < 1.29 is 4.79 Å². The van der Waals surface area contributed by atoms with Gasteiger partial charge in [0.15, 0.2) is 0 Å². The van der Waals surface area contributed by atoms with Crippen LogP contribution in [0.4, 0.5) is 5.82 Å². The first-order valence-corrected chi connectivity index (χ1v) is 8.02. The number of likely N-dealkylation sites (tertiary alicyclic amines) is 1. The van der Waals surface area contributed by atoms with E-state index in [-0.39, 0.29) is 17.4 Å². The van der Waals surface area contributed by atoms with Crippen LogP contribution in [0.3, 0.4) is 0 Å². The van der Waals surface area contributed by atoms with Crippen molar-refractivity contribution in [1.82, 2.24) is 19.9 Å². The lowest BCUT2D eigenvalue weighted by Crippen LogP contribution is -2.39. The van der Waals surface area contributed by atoms with E-state index in [1.807, 2.05) is 30.0 Å². The zero-order valence-electron chi connectivity index (χ0n) is 13.9.